The Morgan fingerprint density at radius 2 is 1.85 bits per heavy atom. The van der Waals surface area contributed by atoms with Crippen molar-refractivity contribution < 1.29 is 18.3 Å². The summed E-state index contributed by atoms with van der Waals surface area (Å²) in [6, 6.07) is 6.61. The summed E-state index contributed by atoms with van der Waals surface area (Å²) < 4.78 is 27.0. The highest BCUT2D eigenvalue weighted by Crippen LogP contribution is 2.54. The molecule has 2 fully saturated rings. The molecule has 20 heavy (non-hydrogen) atoms. The van der Waals surface area contributed by atoms with Crippen LogP contribution in [0.5, 0.6) is 0 Å². The maximum absolute atomic E-state index is 12.2. The Morgan fingerprint density at radius 1 is 1.20 bits per heavy atom. The molecule has 0 aromatic heterocycles. The molecule has 0 heterocycles. The third-order valence-corrected chi connectivity index (χ3v) is 5.69. The summed E-state index contributed by atoms with van der Waals surface area (Å²) in [5.74, 6) is -0.689. The highest BCUT2D eigenvalue weighted by Gasteiger charge is 2.57. The summed E-state index contributed by atoms with van der Waals surface area (Å²) in [6.07, 6.45) is 1.43. The first-order valence-corrected chi connectivity index (χ1v) is 8.18. The molecule has 2 aliphatic rings. The first-order valence-electron chi connectivity index (χ1n) is 6.70. The van der Waals surface area contributed by atoms with Crippen molar-refractivity contribution in [3.63, 3.8) is 0 Å². The minimum absolute atomic E-state index is 0.101. The zero-order valence-electron chi connectivity index (χ0n) is 11.1. The second-order valence-electron chi connectivity index (χ2n) is 5.78. The zero-order chi connectivity index (χ0) is 14.5. The highest BCUT2D eigenvalue weighted by molar-refractivity contribution is 7.89. The average Bonchev–Trinajstić information content (AvgIpc) is 3.21. The SMILES string of the molecule is Cc1ccc(S(=O)(=O)N[C@@H]2C[C@@H]2[C@@H]2C[C@@H]2C(=O)O)cc1. The quantitative estimate of drug-likeness (QED) is 0.859. The molecule has 0 unspecified atom stereocenters. The van der Waals surface area contributed by atoms with Gasteiger partial charge in [0.15, 0.2) is 0 Å². The van der Waals surface area contributed by atoms with Gasteiger partial charge in [0.05, 0.1) is 10.8 Å². The number of aryl methyl sites for hydroxylation is 1. The Hall–Kier alpha value is -1.40. The molecule has 0 aliphatic heterocycles. The maximum Gasteiger partial charge on any atom is 0.306 e. The lowest BCUT2D eigenvalue weighted by molar-refractivity contribution is -0.138. The number of carboxylic acid groups (broad SMARTS) is 1. The molecule has 2 saturated carbocycles. The number of rotatable bonds is 5. The molecule has 1 aromatic rings. The van der Waals surface area contributed by atoms with E-state index >= 15 is 0 Å². The van der Waals surface area contributed by atoms with E-state index in [2.05, 4.69) is 4.72 Å². The van der Waals surface area contributed by atoms with Gasteiger partial charge >= 0.3 is 5.97 Å². The third kappa shape index (κ3) is 2.58. The first kappa shape index (κ1) is 13.6. The molecule has 0 bridgehead atoms. The summed E-state index contributed by atoms with van der Waals surface area (Å²) in [5.41, 5.74) is 1.01. The van der Waals surface area contributed by atoms with Crippen LogP contribution < -0.4 is 4.72 Å². The van der Waals surface area contributed by atoms with E-state index in [1.165, 1.54) is 0 Å². The van der Waals surface area contributed by atoms with Gasteiger partial charge in [-0.1, -0.05) is 17.7 Å². The van der Waals surface area contributed by atoms with Crippen molar-refractivity contribution in [3.8, 4) is 0 Å². The molecule has 0 amide bonds. The Balaban J connectivity index is 1.62. The first-order chi connectivity index (χ1) is 9.38. The molecule has 2 aliphatic carbocycles. The van der Waals surface area contributed by atoms with Crippen LogP contribution in [-0.4, -0.2) is 25.5 Å². The molecule has 4 atom stereocenters. The van der Waals surface area contributed by atoms with Crippen LogP contribution >= 0.6 is 0 Å². The molecule has 5 nitrogen and oxygen atoms in total. The van der Waals surface area contributed by atoms with E-state index in [-0.39, 0.29) is 28.7 Å². The molecule has 0 spiro atoms. The van der Waals surface area contributed by atoms with Crippen LogP contribution in [0.25, 0.3) is 0 Å². The standard InChI is InChI=1S/C14H17NO4S/c1-8-2-4-9(5-3-8)20(18,19)15-13-7-11(13)10-6-12(10)14(16)17/h2-5,10-13,15H,6-7H2,1H3,(H,16,17)/t10-,11+,12-,13+/m0/s1. The minimum Gasteiger partial charge on any atom is -0.481 e. The van der Waals surface area contributed by atoms with Crippen LogP contribution in [0.15, 0.2) is 29.2 Å². The molecule has 6 heteroatoms. The van der Waals surface area contributed by atoms with Crippen molar-refractivity contribution in [2.75, 3.05) is 0 Å². The van der Waals surface area contributed by atoms with E-state index in [4.69, 9.17) is 5.11 Å². The van der Waals surface area contributed by atoms with Gasteiger partial charge in [-0.2, -0.15) is 0 Å². The summed E-state index contributed by atoms with van der Waals surface area (Å²) >= 11 is 0. The molecule has 3 rings (SSSR count). The Morgan fingerprint density at radius 3 is 2.40 bits per heavy atom. The van der Waals surface area contributed by atoms with Crippen LogP contribution in [0, 0.1) is 24.7 Å². The minimum atomic E-state index is -3.49. The normalized spacial score (nSPS) is 31.9. The van der Waals surface area contributed by atoms with E-state index in [0.29, 0.717) is 6.42 Å². The second-order valence-corrected chi connectivity index (χ2v) is 7.50. The monoisotopic (exact) mass is 295 g/mol. The molecule has 0 saturated heterocycles. The van der Waals surface area contributed by atoms with Gasteiger partial charge in [-0.05, 0) is 43.7 Å². The molecule has 2 N–H and O–H groups in total. The van der Waals surface area contributed by atoms with Gasteiger partial charge in [0.1, 0.15) is 0 Å². The molecular weight excluding hydrogens is 278 g/mol. The van der Waals surface area contributed by atoms with Gasteiger partial charge in [-0.3, -0.25) is 4.79 Å². The van der Waals surface area contributed by atoms with Gasteiger partial charge in [0.25, 0.3) is 0 Å². The van der Waals surface area contributed by atoms with E-state index in [9.17, 15) is 13.2 Å². The van der Waals surface area contributed by atoms with Crippen molar-refractivity contribution in [1.82, 2.24) is 4.72 Å². The van der Waals surface area contributed by atoms with Crippen LogP contribution in [0.2, 0.25) is 0 Å². The molecular formula is C14H17NO4S. The van der Waals surface area contributed by atoms with Crippen LogP contribution in [-0.2, 0) is 14.8 Å². The average molecular weight is 295 g/mol. The second kappa shape index (κ2) is 4.56. The lowest BCUT2D eigenvalue weighted by atomic mass is 10.2. The number of hydrogen-bond acceptors (Lipinski definition) is 3. The third-order valence-electron chi connectivity index (χ3n) is 4.18. The van der Waals surface area contributed by atoms with Crippen molar-refractivity contribution in [3.05, 3.63) is 29.8 Å². The predicted octanol–water partition coefficient (Wildman–Crippen LogP) is 1.38. The molecule has 108 valence electrons. The Bertz CT molecular complexity index is 638. The maximum atomic E-state index is 12.2. The summed E-state index contributed by atoms with van der Waals surface area (Å²) in [4.78, 5) is 11.1. The van der Waals surface area contributed by atoms with Crippen LogP contribution in [0.3, 0.4) is 0 Å². The summed E-state index contributed by atoms with van der Waals surface area (Å²) in [6.45, 7) is 1.90. The topological polar surface area (TPSA) is 83.5 Å². The predicted molar refractivity (Wildman–Crippen MR) is 72.6 cm³/mol. The fraction of sp³-hybridized carbons (Fsp3) is 0.500. The Labute approximate surface area is 118 Å². The lowest BCUT2D eigenvalue weighted by Crippen LogP contribution is -2.27. The van der Waals surface area contributed by atoms with E-state index in [1.54, 1.807) is 24.3 Å². The summed E-state index contributed by atoms with van der Waals surface area (Å²) in [7, 11) is -3.49. The fourth-order valence-electron chi connectivity index (χ4n) is 2.78. The van der Waals surface area contributed by atoms with Gasteiger partial charge in [0.2, 0.25) is 10.0 Å². The Kier molecular flexibility index (Phi) is 3.10. The van der Waals surface area contributed by atoms with Gasteiger partial charge in [-0.15, -0.1) is 0 Å². The number of carboxylic acids is 1. The zero-order valence-corrected chi connectivity index (χ0v) is 11.9. The number of benzene rings is 1. The van der Waals surface area contributed by atoms with Crippen molar-refractivity contribution in [2.24, 2.45) is 17.8 Å². The van der Waals surface area contributed by atoms with Gasteiger partial charge in [-0.25, -0.2) is 13.1 Å². The van der Waals surface area contributed by atoms with E-state index < -0.39 is 16.0 Å². The number of aliphatic carboxylic acids is 1. The van der Waals surface area contributed by atoms with Crippen molar-refractivity contribution in [2.45, 2.75) is 30.7 Å². The number of nitrogens with one attached hydrogen (secondary N) is 1. The number of sulfonamides is 1. The highest BCUT2D eigenvalue weighted by atomic mass is 32.2. The van der Waals surface area contributed by atoms with Crippen molar-refractivity contribution >= 4 is 16.0 Å². The fourth-order valence-corrected chi connectivity index (χ4v) is 4.08. The largest absolute Gasteiger partial charge is 0.481 e. The van der Waals surface area contributed by atoms with Crippen LogP contribution in [0.1, 0.15) is 18.4 Å². The smallest absolute Gasteiger partial charge is 0.306 e. The molecule has 1 aromatic carbocycles. The number of carbonyl (C=O) groups is 1. The lowest BCUT2D eigenvalue weighted by Gasteiger charge is -2.06. The van der Waals surface area contributed by atoms with E-state index in [1.807, 2.05) is 6.92 Å². The summed E-state index contributed by atoms with van der Waals surface area (Å²) in [5, 5.41) is 8.88. The number of hydrogen-bond donors (Lipinski definition) is 2. The van der Waals surface area contributed by atoms with Crippen LogP contribution in [0.4, 0.5) is 0 Å². The van der Waals surface area contributed by atoms with Crippen molar-refractivity contribution in [1.29, 1.82) is 0 Å². The molecule has 0 radical (unpaired) electrons. The van der Waals surface area contributed by atoms with Gasteiger partial charge in [0, 0.05) is 6.04 Å². The van der Waals surface area contributed by atoms with E-state index in [0.717, 1.165) is 12.0 Å². The van der Waals surface area contributed by atoms with Gasteiger partial charge < -0.3 is 5.11 Å².